The highest BCUT2D eigenvalue weighted by molar-refractivity contribution is 7.15. The van der Waals surface area contributed by atoms with E-state index in [0.29, 0.717) is 6.04 Å². The molecule has 1 N–H and O–H groups in total. The molecule has 0 fully saturated rings. The third-order valence-electron chi connectivity index (χ3n) is 3.03. The summed E-state index contributed by atoms with van der Waals surface area (Å²) >= 11 is 1.84. The molecule has 0 saturated heterocycles. The number of nitrogens with zero attached hydrogens (tertiary/aromatic N) is 2. The summed E-state index contributed by atoms with van der Waals surface area (Å²) in [6.45, 7) is 5.52. The van der Waals surface area contributed by atoms with Crippen LogP contribution in [0.4, 0.5) is 0 Å². The van der Waals surface area contributed by atoms with E-state index >= 15 is 0 Å². The van der Waals surface area contributed by atoms with Gasteiger partial charge in [0.15, 0.2) is 0 Å². The van der Waals surface area contributed by atoms with Crippen LogP contribution in [0, 0.1) is 0 Å². The fraction of sp³-hybridized carbons (Fsp3) is 0.467. The van der Waals surface area contributed by atoms with Gasteiger partial charge in [0.25, 0.3) is 0 Å². The van der Waals surface area contributed by atoms with Crippen LogP contribution in [0.15, 0.2) is 30.9 Å². The zero-order valence-corrected chi connectivity index (χ0v) is 12.4. The normalized spacial score (nSPS) is 12.5. The number of rotatable bonds is 7. The van der Waals surface area contributed by atoms with Gasteiger partial charge >= 0.3 is 0 Å². The summed E-state index contributed by atoms with van der Waals surface area (Å²) < 4.78 is 0. The Kier molecular flexibility index (Phi) is 5.48. The predicted octanol–water partition coefficient (Wildman–Crippen LogP) is 4.05. The standard InChI is InChI=1S/C15H21N3S/c1-3-5-13(18-8-4-2)15-7-6-14(19-15)12-9-16-11-17-10-12/h6-7,9-11,13,18H,3-5,8H2,1-2H3. The molecule has 2 aromatic rings. The lowest BCUT2D eigenvalue weighted by atomic mass is 10.1. The van der Waals surface area contributed by atoms with E-state index in [9.17, 15) is 0 Å². The molecule has 0 aliphatic carbocycles. The van der Waals surface area contributed by atoms with Gasteiger partial charge in [0.1, 0.15) is 6.33 Å². The van der Waals surface area contributed by atoms with E-state index in [1.54, 1.807) is 6.33 Å². The Bertz CT molecular complexity index is 481. The van der Waals surface area contributed by atoms with Crippen molar-refractivity contribution < 1.29 is 0 Å². The van der Waals surface area contributed by atoms with Crippen molar-refractivity contribution in [1.82, 2.24) is 15.3 Å². The first-order valence-corrected chi connectivity index (χ1v) is 7.75. The van der Waals surface area contributed by atoms with E-state index in [1.807, 2.05) is 23.7 Å². The summed E-state index contributed by atoms with van der Waals surface area (Å²) in [4.78, 5) is 10.8. The van der Waals surface area contributed by atoms with Gasteiger partial charge in [-0.25, -0.2) is 9.97 Å². The maximum Gasteiger partial charge on any atom is 0.115 e. The topological polar surface area (TPSA) is 37.8 Å². The summed E-state index contributed by atoms with van der Waals surface area (Å²) in [5.74, 6) is 0. The highest BCUT2D eigenvalue weighted by Gasteiger charge is 2.13. The first-order valence-electron chi connectivity index (χ1n) is 6.93. The maximum atomic E-state index is 4.08. The molecule has 0 aliphatic rings. The molecule has 2 aromatic heterocycles. The lowest BCUT2D eigenvalue weighted by Gasteiger charge is -2.15. The van der Waals surface area contributed by atoms with Crippen LogP contribution >= 0.6 is 11.3 Å². The van der Waals surface area contributed by atoms with Crippen molar-refractivity contribution >= 4 is 11.3 Å². The van der Waals surface area contributed by atoms with Crippen molar-refractivity contribution in [3.8, 4) is 10.4 Å². The van der Waals surface area contributed by atoms with Crippen LogP contribution in [0.3, 0.4) is 0 Å². The summed E-state index contributed by atoms with van der Waals surface area (Å²) in [5, 5.41) is 3.63. The summed E-state index contributed by atoms with van der Waals surface area (Å²) in [5.41, 5.74) is 1.10. The highest BCUT2D eigenvalue weighted by Crippen LogP contribution is 2.32. The summed E-state index contributed by atoms with van der Waals surface area (Å²) in [6.07, 6.45) is 8.87. The minimum absolute atomic E-state index is 0.480. The van der Waals surface area contributed by atoms with Crippen LogP contribution in [-0.4, -0.2) is 16.5 Å². The van der Waals surface area contributed by atoms with Crippen molar-refractivity contribution in [3.63, 3.8) is 0 Å². The minimum Gasteiger partial charge on any atom is -0.309 e. The third kappa shape index (κ3) is 3.85. The maximum absolute atomic E-state index is 4.08. The smallest absolute Gasteiger partial charge is 0.115 e. The van der Waals surface area contributed by atoms with Crippen molar-refractivity contribution in [2.75, 3.05) is 6.54 Å². The van der Waals surface area contributed by atoms with E-state index in [-0.39, 0.29) is 0 Å². The first kappa shape index (κ1) is 14.2. The first-order chi connectivity index (χ1) is 9.35. The Morgan fingerprint density at radius 1 is 1.16 bits per heavy atom. The van der Waals surface area contributed by atoms with Gasteiger partial charge in [0.2, 0.25) is 0 Å². The van der Waals surface area contributed by atoms with Crippen molar-refractivity contribution in [2.24, 2.45) is 0 Å². The van der Waals surface area contributed by atoms with Gasteiger partial charge < -0.3 is 5.32 Å². The largest absolute Gasteiger partial charge is 0.309 e. The number of hydrogen-bond donors (Lipinski definition) is 1. The molecule has 3 nitrogen and oxygen atoms in total. The molecule has 102 valence electrons. The molecule has 2 rings (SSSR count). The van der Waals surface area contributed by atoms with Gasteiger partial charge in [-0.2, -0.15) is 0 Å². The second kappa shape index (κ2) is 7.36. The summed E-state index contributed by atoms with van der Waals surface area (Å²) in [6, 6.07) is 4.89. The molecule has 1 atom stereocenters. The van der Waals surface area contributed by atoms with E-state index < -0.39 is 0 Å². The molecule has 0 bridgehead atoms. The number of nitrogens with one attached hydrogen (secondary N) is 1. The second-order valence-corrected chi connectivity index (χ2v) is 5.74. The average Bonchev–Trinajstić information content (AvgIpc) is 2.94. The Morgan fingerprint density at radius 3 is 2.63 bits per heavy atom. The molecule has 2 heterocycles. The quantitative estimate of drug-likeness (QED) is 0.828. The zero-order chi connectivity index (χ0) is 13.5. The molecule has 1 unspecified atom stereocenters. The van der Waals surface area contributed by atoms with E-state index in [1.165, 1.54) is 29.0 Å². The van der Waals surface area contributed by atoms with E-state index in [2.05, 4.69) is 41.3 Å². The van der Waals surface area contributed by atoms with Gasteiger partial charge in [-0.05, 0) is 31.5 Å². The Balaban J connectivity index is 2.14. The lowest BCUT2D eigenvalue weighted by Crippen LogP contribution is -2.21. The van der Waals surface area contributed by atoms with E-state index in [4.69, 9.17) is 0 Å². The van der Waals surface area contributed by atoms with E-state index in [0.717, 1.165) is 12.1 Å². The molecule has 4 heteroatoms. The predicted molar refractivity (Wildman–Crippen MR) is 81.3 cm³/mol. The SMILES string of the molecule is CCCNC(CCC)c1ccc(-c2cncnc2)s1. The molecule has 0 radical (unpaired) electrons. The van der Waals surface area contributed by atoms with Crippen LogP contribution in [0.5, 0.6) is 0 Å². The highest BCUT2D eigenvalue weighted by atomic mass is 32.1. The molecular formula is C15H21N3S. The minimum atomic E-state index is 0.480. The van der Waals surface area contributed by atoms with Gasteiger partial charge in [0, 0.05) is 33.8 Å². The molecule has 19 heavy (non-hydrogen) atoms. The van der Waals surface area contributed by atoms with Crippen LogP contribution in [0.2, 0.25) is 0 Å². The fourth-order valence-electron chi connectivity index (χ4n) is 2.07. The molecule has 0 spiro atoms. The van der Waals surface area contributed by atoms with Crippen LogP contribution in [-0.2, 0) is 0 Å². The number of hydrogen-bond acceptors (Lipinski definition) is 4. The molecule has 0 saturated carbocycles. The molecular weight excluding hydrogens is 254 g/mol. The average molecular weight is 275 g/mol. The van der Waals surface area contributed by atoms with Crippen molar-refractivity contribution in [1.29, 1.82) is 0 Å². The number of thiophene rings is 1. The Hall–Kier alpha value is -1.26. The lowest BCUT2D eigenvalue weighted by molar-refractivity contribution is 0.501. The number of aromatic nitrogens is 2. The van der Waals surface area contributed by atoms with Crippen molar-refractivity contribution in [2.45, 2.75) is 39.2 Å². The van der Waals surface area contributed by atoms with Gasteiger partial charge in [0.05, 0.1) is 0 Å². The monoisotopic (exact) mass is 275 g/mol. The van der Waals surface area contributed by atoms with Crippen LogP contribution in [0.1, 0.15) is 44.0 Å². The molecule has 0 aromatic carbocycles. The van der Waals surface area contributed by atoms with Gasteiger partial charge in [-0.15, -0.1) is 11.3 Å². The summed E-state index contributed by atoms with van der Waals surface area (Å²) in [7, 11) is 0. The molecule has 0 amide bonds. The zero-order valence-electron chi connectivity index (χ0n) is 11.6. The molecule has 0 aliphatic heterocycles. The Morgan fingerprint density at radius 2 is 1.95 bits per heavy atom. The van der Waals surface area contributed by atoms with Gasteiger partial charge in [-0.1, -0.05) is 20.3 Å². The Labute approximate surface area is 119 Å². The fourth-order valence-corrected chi connectivity index (χ4v) is 3.17. The van der Waals surface area contributed by atoms with Crippen LogP contribution in [0.25, 0.3) is 10.4 Å². The second-order valence-electron chi connectivity index (χ2n) is 4.62. The van der Waals surface area contributed by atoms with Crippen LogP contribution < -0.4 is 5.32 Å². The third-order valence-corrected chi connectivity index (χ3v) is 4.28. The van der Waals surface area contributed by atoms with Crippen molar-refractivity contribution in [3.05, 3.63) is 35.7 Å². The van der Waals surface area contributed by atoms with Gasteiger partial charge in [-0.3, -0.25) is 0 Å².